The molecule has 110 valence electrons. The Morgan fingerprint density at radius 1 is 1.38 bits per heavy atom. The molecular formula is C12H11N3O4S2. The Kier molecular flexibility index (Phi) is 3.52. The van der Waals surface area contributed by atoms with E-state index in [0.29, 0.717) is 11.4 Å². The van der Waals surface area contributed by atoms with Crippen molar-refractivity contribution in [2.45, 2.75) is 11.3 Å². The Morgan fingerprint density at radius 3 is 3.00 bits per heavy atom. The van der Waals surface area contributed by atoms with E-state index in [0.717, 1.165) is 0 Å². The molecule has 2 aromatic rings. The highest BCUT2D eigenvalue weighted by Gasteiger charge is 2.20. The van der Waals surface area contributed by atoms with Gasteiger partial charge in [0.2, 0.25) is 5.91 Å². The number of ether oxygens (including phenoxy) is 1. The van der Waals surface area contributed by atoms with Gasteiger partial charge >= 0.3 is 0 Å². The molecule has 0 spiro atoms. The van der Waals surface area contributed by atoms with Crippen LogP contribution in [0.1, 0.15) is 6.42 Å². The summed E-state index contributed by atoms with van der Waals surface area (Å²) in [6.45, 7) is 0.266. The number of hydrogen-bond acceptors (Lipinski definition) is 6. The van der Waals surface area contributed by atoms with Crippen LogP contribution in [0, 0.1) is 0 Å². The van der Waals surface area contributed by atoms with Crippen LogP contribution in [0.3, 0.4) is 0 Å². The second-order valence-electron chi connectivity index (χ2n) is 4.25. The zero-order chi connectivity index (χ0) is 14.9. The molecule has 21 heavy (non-hydrogen) atoms. The van der Waals surface area contributed by atoms with Crippen LogP contribution in [0.2, 0.25) is 0 Å². The lowest BCUT2D eigenvalue weighted by molar-refractivity contribution is -0.116. The molecule has 2 heterocycles. The average molecular weight is 325 g/mol. The molecule has 1 aromatic carbocycles. The molecule has 1 amide bonds. The highest BCUT2D eigenvalue weighted by atomic mass is 32.2. The summed E-state index contributed by atoms with van der Waals surface area (Å²) in [5, 5.41) is 4.58. The Morgan fingerprint density at radius 2 is 2.24 bits per heavy atom. The minimum atomic E-state index is -3.76. The number of sulfonamides is 1. The van der Waals surface area contributed by atoms with E-state index in [1.165, 1.54) is 35.7 Å². The van der Waals surface area contributed by atoms with Gasteiger partial charge in [0.1, 0.15) is 5.75 Å². The number of benzene rings is 1. The van der Waals surface area contributed by atoms with Crippen LogP contribution in [-0.4, -0.2) is 25.9 Å². The van der Waals surface area contributed by atoms with Crippen molar-refractivity contribution in [1.82, 2.24) is 4.98 Å². The fourth-order valence-electron chi connectivity index (χ4n) is 1.81. The Hall–Kier alpha value is -2.13. The van der Waals surface area contributed by atoms with Gasteiger partial charge in [0.15, 0.2) is 5.13 Å². The molecular weight excluding hydrogens is 314 g/mol. The predicted molar refractivity (Wildman–Crippen MR) is 78.1 cm³/mol. The molecule has 0 radical (unpaired) electrons. The highest BCUT2D eigenvalue weighted by molar-refractivity contribution is 7.93. The summed E-state index contributed by atoms with van der Waals surface area (Å²) in [5.74, 6) is 0.241. The molecule has 0 unspecified atom stereocenters. The van der Waals surface area contributed by atoms with Gasteiger partial charge in [-0.1, -0.05) is 0 Å². The number of nitrogens with one attached hydrogen (secondary N) is 2. The maximum Gasteiger partial charge on any atom is 0.263 e. The van der Waals surface area contributed by atoms with Gasteiger partial charge in [0.05, 0.1) is 23.6 Å². The first kappa shape index (κ1) is 13.8. The highest BCUT2D eigenvalue weighted by Crippen LogP contribution is 2.30. The summed E-state index contributed by atoms with van der Waals surface area (Å²) < 4.78 is 32.3. The largest absolute Gasteiger partial charge is 0.491 e. The molecule has 0 aliphatic carbocycles. The van der Waals surface area contributed by atoms with Gasteiger partial charge in [-0.3, -0.25) is 9.52 Å². The molecule has 7 nitrogen and oxygen atoms in total. The molecule has 2 N–H and O–H groups in total. The van der Waals surface area contributed by atoms with Crippen molar-refractivity contribution in [3.8, 4) is 5.75 Å². The topological polar surface area (TPSA) is 97.4 Å². The van der Waals surface area contributed by atoms with Gasteiger partial charge < -0.3 is 10.1 Å². The summed E-state index contributed by atoms with van der Waals surface area (Å²) in [5.41, 5.74) is 0.347. The van der Waals surface area contributed by atoms with Gasteiger partial charge in [-0.15, -0.1) is 11.3 Å². The van der Waals surface area contributed by atoms with Crippen LogP contribution in [0.25, 0.3) is 0 Å². The van der Waals surface area contributed by atoms with E-state index >= 15 is 0 Å². The van der Waals surface area contributed by atoms with Gasteiger partial charge in [0.25, 0.3) is 10.0 Å². The monoisotopic (exact) mass is 325 g/mol. The number of hydrogen-bond donors (Lipinski definition) is 2. The first-order chi connectivity index (χ1) is 10.0. The van der Waals surface area contributed by atoms with Gasteiger partial charge in [0, 0.05) is 11.6 Å². The van der Waals surface area contributed by atoms with E-state index in [9.17, 15) is 13.2 Å². The van der Waals surface area contributed by atoms with Crippen molar-refractivity contribution in [1.29, 1.82) is 0 Å². The summed E-state index contributed by atoms with van der Waals surface area (Å²) in [6.07, 6.45) is 1.74. The molecule has 0 fully saturated rings. The van der Waals surface area contributed by atoms with Crippen molar-refractivity contribution in [2.75, 3.05) is 16.6 Å². The smallest absolute Gasteiger partial charge is 0.263 e. The van der Waals surface area contributed by atoms with Crippen LogP contribution in [0.5, 0.6) is 5.75 Å². The van der Waals surface area contributed by atoms with E-state index in [4.69, 9.17) is 4.74 Å². The summed E-state index contributed by atoms with van der Waals surface area (Å²) in [6, 6.07) is 4.32. The van der Waals surface area contributed by atoms with E-state index < -0.39 is 10.0 Å². The second kappa shape index (κ2) is 5.34. The Bertz CT molecular complexity index is 772. The minimum absolute atomic E-state index is 0.0299. The van der Waals surface area contributed by atoms with Gasteiger partial charge in [-0.25, -0.2) is 13.4 Å². The quantitative estimate of drug-likeness (QED) is 0.894. The van der Waals surface area contributed by atoms with Crippen LogP contribution in [0.4, 0.5) is 10.8 Å². The molecule has 1 aliphatic heterocycles. The SMILES string of the molecule is O=C1CCOc2ccc(S(=O)(=O)Nc3nccs3)cc2N1. The number of carbonyl (C=O) groups is 1. The lowest BCUT2D eigenvalue weighted by Crippen LogP contribution is -2.14. The van der Waals surface area contributed by atoms with Crippen molar-refractivity contribution in [3.63, 3.8) is 0 Å². The maximum atomic E-state index is 12.3. The molecule has 9 heteroatoms. The van der Waals surface area contributed by atoms with E-state index in [2.05, 4.69) is 15.0 Å². The molecule has 0 saturated heterocycles. The van der Waals surface area contributed by atoms with Crippen molar-refractivity contribution >= 4 is 38.1 Å². The second-order valence-corrected chi connectivity index (χ2v) is 6.82. The molecule has 0 atom stereocenters. The number of aromatic nitrogens is 1. The standard InChI is InChI=1S/C12H11N3O4S2/c16-11-3-5-19-10-2-1-8(7-9(10)14-11)21(17,18)15-12-13-4-6-20-12/h1-2,4,6-7H,3,5H2,(H,13,15)(H,14,16). The van der Waals surface area contributed by atoms with E-state index in [1.54, 1.807) is 5.38 Å². The zero-order valence-electron chi connectivity index (χ0n) is 10.7. The average Bonchev–Trinajstić information content (AvgIpc) is 2.84. The van der Waals surface area contributed by atoms with Crippen molar-refractivity contribution < 1.29 is 17.9 Å². The summed E-state index contributed by atoms with van der Waals surface area (Å²) in [4.78, 5) is 15.4. The number of thiazole rings is 1. The molecule has 1 aromatic heterocycles. The van der Waals surface area contributed by atoms with E-state index in [1.807, 2.05) is 0 Å². The normalized spacial score (nSPS) is 14.6. The van der Waals surface area contributed by atoms with Gasteiger partial charge in [-0.05, 0) is 18.2 Å². The van der Waals surface area contributed by atoms with Crippen molar-refractivity contribution in [2.24, 2.45) is 0 Å². The van der Waals surface area contributed by atoms with Crippen molar-refractivity contribution in [3.05, 3.63) is 29.8 Å². The first-order valence-electron chi connectivity index (χ1n) is 6.04. The summed E-state index contributed by atoms with van der Waals surface area (Å²) in [7, 11) is -3.76. The third-order valence-electron chi connectivity index (χ3n) is 2.78. The number of fused-ring (bicyclic) bond motifs is 1. The molecule has 0 bridgehead atoms. The number of amides is 1. The zero-order valence-corrected chi connectivity index (χ0v) is 12.3. The number of anilines is 2. The molecule has 0 saturated carbocycles. The lowest BCUT2D eigenvalue weighted by atomic mass is 10.3. The maximum absolute atomic E-state index is 12.3. The number of nitrogens with zero attached hydrogens (tertiary/aromatic N) is 1. The minimum Gasteiger partial charge on any atom is -0.491 e. The molecule has 3 rings (SSSR count). The third kappa shape index (κ3) is 2.98. The van der Waals surface area contributed by atoms with E-state index in [-0.39, 0.29) is 29.0 Å². The third-order valence-corrected chi connectivity index (χ3v) is 4.93. The molecule has 1 aliphatic rings. The predicted octanol–water partition coefficient (Wildman–Crippen LogP) is 1.66. The van der Waals surface area contributed by atoms with Gasteiger partial charge in [-0.2, -0.15) is 0 Å². The fraction of sp³-hybridized carbons (Fsp3) is 0.167. The summed E-state index contributed by atoms with van der Waals surface area (Å²) >= 11 is 1.18. The van der Waals surface area contributed by atoms with Crippen LogP contribution in [0.15, 0.2) is 34.7 Å². The Labute approximate surface area is 125 Å². The first-order valence-corrected chi connectivity index (χ1v) is 8.40. The van der Waals surface area contributed by atoms with Crippen LogP contribution >= 0.6 is 11.3 Å². The number of rotatable bonds is 3. The Balaban J connectivity index is 1.94. The lowest BCUT2D eigenvalue weighted by Gasteiger charge is -2.10. The van der Waals surface area contributed by atoms with Crippen LogP contribution < -0.4 is 14.8 Å². The van der Waals surface area contributed by atoms with Crippen LogP contribution in [-0.2, 0) is 14.8 Å². The fourth-order valence-corrected chi connectivity index (χ4v) is 3.63. The number of carbonyl (C=O) groups excluding carboxylic acids is 1.